The minimum absolute atomic E-state index is 0.147. The molecule has 0 amide bonds. The predicted molar refractivity (Wildman–Crippen MR) is 245 cm³/mol. The van der Waals surface area contributed by atoms with E-state index in [-0.39, 0.29) is 5.60 Å². The van der Waals surface area contributed by atoms with Gasteiger partial charge < -0.3 is 9.84 Å². The van der Waals surface area contributed by atoms with Gasteiger partial charge in [-0.1, -0.05) is 93.2 Å². The summed E-state index contributed by atoms with van der Waals surface area (Å²) >= 11 is 0. The average molecular weight is 751 g/mol. The van der Waals surface area contributed by atoms with Crippen molar-refractivity contribution in [3.8, 4) is 11.5 Å². The number of ether oxygens (including phenoxy) is 1. The molecule has 1 N–H and O–H groups in total. The molecular weight excluding hydrogens is 669 g/mol. The van der Waals surface area contributed by atoms with Gasteiger partial charge in [-0.25, -0.2) is 0 Å². The molecule has 1 aromatic rings. The second kappa shape index (κ2) is 25.8. The highest BCUT2D eigenvalue weighted by molar-refractivity contribution is 5.53. The Morgan fingerprint density at radius 1 is 0.527 bits per heavy atom. The van der Waals surface area contributed by atoms with E-state index in [2.05, 4.69) is 125 Å². The van der Waals surface area contributed by atoms with E-state index in [1.165, 1.54) is 76.7 Å². The summed E-state index contributed by atoms with van der Waals surface area (Å²) in [6, 6.07) is 1.90. The maximum atomic E-state index is 10.2. The standard InChI is InChI=1S/C53H82O2/c1-40(2)21-13-22-41(3)23-14-24-42(4)25-15-26-43(5)27-16-28-44(6)29-17-30-45(7)31-18-32-46(8)33-19-34-47(9)35-20-37-53(12)38-36-50-39-51(54)48(10)49(11)52(50)55-53/h21,23,25,27,29,31,33,35,39,54H,13-20,22,24,26,28,30,32,34,36-38H2,1-12H3/b41-23+,42-25+,43-27+,44-29+,45-31+,46-33-,47-35-. The zero-order valence-electron chi connectivity index (χ0n) is 37.8. The minimum atomic E-state index is -0.147. The molecule has 306 valence electrons. The Bertz CT molecular complexity index is 1590. The molecule has 55 heavy (non-hydrogen) atoms. The van der Waals surface area contributed by atoms with Gasteiger partial charge in [0.2, 0.25) is 0 Å². The van der Waals surface area contributed by atoms with Crippen LogP contribution in [-0.2, 0) is 6.42 Å². The molecule has 0 bridgehead atoms. The van der Waals surface area contributed by atoms with Gasteiger partial charge in [-0.05, 0) is 221 Å². The van der Waals surface area contributed by atoms with Crippen LogP contribution in [0.15, 0.2) is 99.3 Å². The van der Waals surface area contributed by atoms with Crippen LogP contribution in [0, 0.1) is 13.8 Å². The largest absolute Gasteiger partial charge is 0.508 e. The molecule has 0 spiro atoms. The summed E-state index contributed by atoms with van der Waals surface area (Å²) in [6.07, 6.45) is 39.7. The molecule has 1 aliphatic rings. The molecule has 0 aromatic heterocycles. The lowest BCUT2D eigenvalue weighted by Crippen LogP contribution is -2.36. The lowest BCUT2D eigenvalue weighted by molar-refractivity contribution is 0.0560. The fourth-order valence-corrected chi connectivity index (χ4v) is 7.35. The summed E-state index contributed by atoms with van der Waals surface area (Å²) in [5, 5.41) is 10.2. The van der Waals surface area contributed by atoms with Crippen molar-refractivity contribution in [1.29, 1.82) is 0 Å². The minimum Gasteiger partial charge on any atom is -0.508 e. The molecule has 0 saturated heterocycles. The van der Waals surface area contributed by atoms with Crippen LogP contribution in [0.3, 0.4) is 0 Å². The average Bonchev–Trinajstić information content (AvgIpc) is 3.11. The van der Waals surface area contributed by atoms with Crippen molar-refractivity contribution in [3.05, 3.63) is 116 Å². The highest BCUT2D eigenvalue weighted by atomic mass is 16.5. The molecule has 2 heteroatoms. The molecule has 1 heterocycles. The first-order chi connectivity index (χ1) is 26.1. The summed E-state index contributed by atoms with van der Waals surface area (Å²) in [5.74, 6) is 1.38. The second-order valence-electron chi connectivity index (χ2n) is 17.6. The van der Waals surface area contributed by atoms with Crippen LogP contribution in [0.4, 0.5) is 0 Å². The zero-order valence-corrected chi connectivity index (χ0v) is 37.8. The van der Waals surface area contributed by atoms with E-state index in [4.69, 9.17) is 4.74 Å². The fourth-order valence-electron chi connectivity index (χ4n) is 7.35. The first kappa shape index (κ1) is 47.9. The number of hydrogen-bond donors (Lipinski definition) is 1. The Morgan fingerprint density at radius 3 is 1.20 bits per heavy atom. The number of phenolic OH excluding ortho intramolecular Hbond substituents is 1. The highest BCUT2D eigenvalue weighted by Gasteiger charge is 2.32. The Balaban J connectivity index is 1.60. The molecule has 1 aromatic carbocycles. The zero-order chi connectivity index (χ0) is 40.8. The van der Waals surface area contributed by atoms with E-state index in [9.17, 15) is 5.11 Å². The van der Waals surface area contributed by atoms with Gasteiger partial charge in [-0.15, -0.1) is 0 Å². The fraction of sp³-hybridized carbons (Fsp3) is 0.585. The molecule has 0 saturated carbocycles. The highest BCUT2D eigenvalue weighted by Crippen LogP contribution is 2.41. The van der Waals surface area contributed by atoms with Crippen molar-refractivity contribution in [3.63, 3.8) is 0 Å². The van der Waals surface area contributed by atoms with Gasteiger partial charge in [0.15, 0.2) is 0 Å². The Morgan fingerprint density at radius 2 is 0.855 bits per heavy atom. The van der Waals surface area contributed by atoms with E-state index in [1.807, 2.05) is 13.0 Å². The first-order valence-electron chi connectivity index (χ1n) is 21.8. The van der Waals surface area contributed by atoms with Crippen molar-refractivity contribution in [1.82, 2.24) is 0 Å². The third-order valence-electron chi connectivity index (χ3n) is 11.6. The lowest BCUT2D eigenvalue weighted by atomic mass is 9.87. The number of allylic oxidation sites excluding steroid dienone is 16. The number of phenols is 1. The summed E-state index contributed by atoms with van der Waals surface area (Å²) in [7, 11) is 0. The van der Waals surface area contributed by atoms with Gasteiger partial charge in [0.1, 0.15) is 17.1 Å². The van der Waals surface area contributed by atoms with Crippen LogP contribution in [-0.4, -0.2) is 10.7 Å². The van der Waals surface area contributed by atoms with Gasteiger partial charge in [-0.3, -0.25) is 0 Å². The summed E-state index contributed by atoms with van der Waals surface area (Å²) in [6.45, 7) is 26.7. The third-order valence-corrected chi connectivity index (χ3v) is 11.6. The van der Waals surface area contributed by atoms with Gasteiger partial charge in [0.05, 0.1) is 0 Å². The second-order valence-corrected chi connectivity index (χ2v) is 17.6. The SMILES string of the molecule is CC(C)=CCC/C(C)=C/CC/C(C)=C/CC/C(C)=C/CC/C(C)=C/CC/C(C)=C/CC/C(C)=C\CC/C(C)=C\CCC1(C)CCc2cc(O)c(C)c(C)c2O1. The van der Waals surface area contributed by atoms with Gasteiger partial charge in [-0.2, -0.15) is 0 Å². The molecular formula is C53H82O2. The molecule has 0 radical (unpaired) electrons. The maximum absolute atomic E-state index is 10.2. The Labute approximate surface area is 340 Å². The van der Waals surface area contributed by atoms with E-state index in [0.29, 0.717) is 5.75 Å². The van der Waals surface area contributed by atoms with Crippen molar-refractivity contribution in [2.24, 2.45) is 0 Å². The number of hydrogen-bond acceptors (Lipinski definition) is 2. The summed E-state index contributed by atoms with van der Waals surface area (Å²) in [5.41, 5.74) is 15.0. The van der Waals surface area contributed by atoms with E-state index in [1.54, 1.807) is 0 Å². The first-order valence-corrected chi connectivity index (χ1v) is 21.8. The van der Waals surface area contributed by atoms with Gasteiger partial charge >= 0.3 is 0 Å². The van der Waals surface area contributed by atoms with E-state index < -0.39 is 0 Å². The molecule has 1 atom stereocenters. The molecule has 0 fully saturated rings. The van der Waals surface area contributed by atoms with Crippen LogP contribution in [0.2, 0.25) is 0 Å². The van der Waals surface area contributed by atoms with Crippen molar-refractivity contribution < 1.29 is 9.84 Å². The smallest absolute Gasteiger partial charge is 0.126 e. The quantitative estimate of drug-likeness (QED) is 0.107. The van der Waals surface area contributed by atoms with Crippen LogP contribution in [0.25, 0.3) is 0 Å². The number of aromatic hydroxyl groups is 1. The lowest BCUT2D eigenvalue weighted by Gasteiger charge is -2.37. The molecule has 0 aliphatic carbocycles. The van der Waals surface area contributed by atoms with E-state index in [0.717, 1.165) is 106 Å². The van der Waals surface area contributed by atoms with Crippen molar-refractivity contribution in [2.45, 2.75) is 204 Å². The van der Waals surface area contributed by atoms with Crippen molar-refractivity contribution in [2.75, 3.05) is 0 Å². The number of aryl methyl sites for hydroxylation is 1. The van der Waals surface area contributed by atoms with Crippen LogP contribution >= 0.6 is 0 Å². The maximum Gasteiger partial charge on any atom is 0.126 e. The number of benzene rings is 1. The summed E-state index contributed by atoms with van der Waals surface area (Å²) in [4.78, 5) is 0. The molecule has 1 aliphatic heterocycles. The number of rotatable bonds is 24. The van der Waals surface area contributed by atoms with Crippen molar-refractivity contribution >= 4 is 0 Å². The monoisotopic (exact) mass is 751 g/mol. The van der Waals surface area contributed by atoms with Crippen LogP contribution < -0.4 is 4.74 Å². The Hall–Kier alpha value is -3.26. The van der Waals surface area contributed by atoms with E-state index >= 15 is 0 Å². The molecule has 2 nitrogen and oxygen atoms in total. The van der Waals surface area contributed by atoms with Crippen LogP contribution in [0.5, 0.6) is 11.5 Å². The number of fused-ring (bicyclic) bond motifs is 1. The Kier molecular flexibility index (Phi) is 22.5. The van der Waals surface area contributed by atoms with Crippen LogP contribution in [0.1, 0.15) is 195 Å². The van der Waals surface area contributed by atoms with Gasteiger partial charge in [0, 0.05) is 0 Å². The topological polar surface area (TPSA) is 29.5 Å². The van der Waals surface area contributed by atoms with Gasteiger partial charge in [0.25, 0.3) is 0 Å². The third kappa shape index (κ3) is 20.5. The molecule has 1 unspecified atom stereocenters. The summed E-state index contributed by atoms with van der Waals surface area (Å²) < 4.78 is 6.56. The predicted octanol–water partition coefficient (Wildman–Crippen LogP) is 16.9. The normalized spacial score (nSPS) is 17.7. The molecule has 2 rings (SSSR count).